The fourth-order valence-electron chi connectivity index (χ4n) is 4.31. The third kappa shape index (κ3) is 4.12. The quantitative estimate of drug-likeness (QED) is 0.709. The number of hydrogen-bond donors (Lipinski definition) is 3. The second kappa shape index (κ2) is 8.16. The molecule has 7 nitrogen and oxygen atoms in total. The van der Waals surface area contributed by atoms with Crippen LogP contribution in [0.25, 0.3) is 0 Å². The lowest BCUT2D eigenvalue weighted by Crippen LogP contribution is -2.39. The van der Waals surface area contributed by atoms with E-state index in [4.69, 9.17) is 0 Å². The smallest absolute Gasteiger partial charge is 0.221 e. The summed E-state index contributed by atoms with van der Waals surface area (Å²) >= 11 is 0. The first-order chi connectivity index (χ1) is 13.1. The summed E-state index contributed by atoms with van der Waals surface area (Å²) in [5.41, 5.74) is 1.83. The second-order valence-corrected chi connectivity index (χ2v) is 9.62. The average molecular weight is 392 g/mol. The topological polar surface area (TPSA) is 85.8 Å². The molecule has 0 aliphatic carbocycles. The molecule has 0 spiro atoms. The van der Waals surface area contributed by atoms with Crippen molar-refractivity contribution in [1.29, 1.82) is 0 Å². The van der Waals surface area contributed by atoms with Crippen molar-refractivity contribution in [3.05, 3.63) is 29.8 Å². The van der Waals surface area contributed by atoms with E-state index >= 15 is 0 Å². The lowest BCUT2D eigenvalue weighted by Gasteiger charge is -2.33. The van der Waals surface area contributed by atoms with Crippen LogP contribution in [0.15, 0.2) is 29.3 Å². The van der Waals surface area contributed by atoms with E-state index in [0.717, 1.165) is 69.1 Å². The third-order valence-electron chi connectivity index (χ3n) is 5.73. The fraction of sp³-hybridized carbons (Fsp3) is 0.632. The van der Waals surface area contributed by atoms with Crippen molar-refractivity contribution in [3.8, 4) is 0 Å². The van der Waals surface area contributed by atoms with E-state index in [1.807, 2.05) is 24.3 Å². The Labute approximate surface area is 161 Å². The van der Waals surface area contributed by atoms with Crippen LogP contribution in [0.1, 0.15) is 36.5 Å². The first-order valence-corrected chi connectivity index (χ1v) is 11.5. The van der Waals surface area contributed by atoms with Gasteiger partial charge in [0.2, 0.25) is 10.0 Å². The largest absolute Gasteiger partial charge is 0.354 e. The predicted molar refractivity (Wildman–Crippen MR) is 108 cm³/mol. The molecule has 1 aromatic rings. The van der Waals surface area contributed by atoms with Crippen LogP contribution >= 0.6 is 0 Å². The van der Waals surface area contributed by atoms with Gasteiger partial charge in [0, 0.05) is 25.3 Å². The zero-order valence-corrected chi connectivity index (χ0v) is 16.5. The maximum atomic E-state index is 13.5. The van der Waals surface area contributed by atoms with Gasteiger partial charge in [-0.1, -0.05) is 12.1 Å². The van der Waals surface area contributed by atoms with E-state index in [-0.39, 0.29) is 5.92 Å². The van der Waals surface area contributed by atoms with Crippen LogP contribution in [0.4, 0.5) is 5.69 Å². The van der Waals surface area contributed by atoms with Crippen molar-refractivity contribution < 1.29 is 8.42 Å². The first-order valence-electron chi connectivity index (χ1n) is 9.99. The number of hydrogen-bond acceptors (Lipinski definition) is 6. The maximum absolute atomic E-state index is 13.5. The Morgan fingerprint density at radius 1 is 1.07 bits per heavy atom. The van der Waals surface area contributed by atoms with Gasteiger partial charge in [0.25, 0.3) is 0 Å². The third-order valence-corrected chi connectivity index (χ3v) is 8.12. The number of aliphatic imine (C=N–C) groups is 1. The first kappa shape index (κ1) is 18.7. The maximum Gasteiger partial charge on any atom is 0.221 e. The second-order valence-electron chi connectivity index (χ2n) is 7.56. The van der Waals surface area contributed by atoms with Crippen LogP contribution in [0.3, 0.4) is 0 Å². The highest BCUT2D eigenvalue weighted by Crippen LogP contribution is 2.39. The van der Waals surface area contributed by atoms with E-state index < -0.39 is 15.3 Å². The van der Waals surface area contributed by atoms with E-state index in [1.54, 1.807) is 4.31 Å². The van der Waals surface area contributed by atoms with E-state index in [0.29, 0.717) is 13.1 Å². The average Bonchev–Trinajstić information content (AvgIpc) is 3.38. The van der Waals surface area contributed by atoms with Crippen LogP contribution in [0.5, 0.6) is 0 Å². The molecule has 0 bridgehead atoms. The van der Waals surface area contributed by atoms with Gasteiger partial charge in [-0.15, -0.1) is 0 Å². The van der Waals surface area contributed by atoms with Crippen molar-refractivity contribution in [2.45, 2.75) is 30.9 Å². The molecule has 1 atom stereocenters. The Balaban J connectivity index is 1.59. The normalized spacial score (nSPS) is 23.0. The van der Waals surface area contributed by atoms with Gasteiger partial charge in [0.05, 0.1) is 6.54 Å². The van der Waals surface area contributed by atoms with Gasteiger partial charge in [0.15, 0.2) is 5.96 Å². The zero-order valence-electron chi connectivity index (χ0n) is 15.7. The highest BCUT2D eigenvalue weighted by atomic mass is 32.2. The molecule has 8 heteroatoms. The number of sulfonamides is 1. The lowest BCUT2D eigenvalue weighted by molar-refractivity contribution is 0.345. The summed E-state index contributed by atoms with van der Waals surface area (Å²) in [7, 11) is -3.34. The molecule has 0 radical (unpaired) electrons. The Morgan fingerprint density at radius 2 is 1.78 bits per heavy atom. The molecule has 2 saturated heterocycles. The van der Waals surface area contributed by atoms with Gasteiger partial charge in [-0.3, -0.25) is 4.99 Å². The molecule has 1 aromatic carbocycles. The summed E-state index contributed by atoms with van der Waals surface area (Å²) in [6.07, 6.45) is 3.74. The minimum absolute atomic E-state index is 0.163. The molecule has 3 aliphatic heterocycles. The summed E-state index contributed by atoms with van der Waals surface area (Å²) in [4.78, 5) is 4.34. The molecule has 1 unspecified atom stereocenters. The minimum Gasteiger partial charge on any atom is -0.354 e. The lowest BCUT2D eigenvalue weighted by atomic mass is 9.90. The van der Waals surface area contributed by atoms with Gasteiger partial charge >= 0.3 is 0 Å². The molecule has 0 amide bonds. The molecule has 2 fully saturated rings. The molecule has 3 aliphatic rings. The summed E-state index contributed by atoms with van der Waals surface area (Å²) < 4.78 is 28.6. The number of rotatable bonds is 5. The van der Waals surface area contributed by atoms with Crippen LogP contribution in [0.2, 0.25) is 0 Å². The molecule has 27 heavy (non-hydrogen) atoms. The van der Waals surface area contributed by atoms with Crippen LogP contribution in [-0.4, -0.2) is 58.0 Å². The Kier molecular flexibility index (Phi) is 5.66. The number of anilines is 1. The van der Waals surface area contributed by atoms with E-state index in [9.17, 15) is 8.42 Å². The SMILES string of the molecule is O=S(=O)(C(c1ccc(NC2=NCCN2)cc1)C1CCNCC1)N1CCCC1. The number of benzene rings is 1. The Hall–Kier alpha value is -1.64. The zero-order chi connectivity index (χ0) is 18.7. The Bertz CT molecular complexity index is 766. The summed E-state index contributed by atoms with van der Waals surface area (Å²) in [5, 5.41) is 9.34. The number of piperidine rings is 1. The molecule has 3 N–H and O–H groups in total. The van der Waals surface area contributed by atoms with Gasteiger partial charge in [-0.25, -0.2) is 12.7 Å². The monoisotopic (exact) mass is 391 g/mol. The van der Waals surface area contributed by atoms with Gasteiger partial charge in [-0.05, 0) is 62.4 Å². The van der Waals surface area contributed by atoms with Crippen molar-refractivity contribution in [2.24, 2.45) is 10.9 Å². The number of guanidine groups is 1. The van der Waals surface area contributed by atoms with Gasteiger partial charge < -0.3 is 16.0 Å². The van der Waals surface area contributed by atoms with Crippen molar-refractivity contribution >= 4 is 21.7 Å². The Morgan fingerprint density at radius 3 is 2.41 bits per heavy atom. The number of nitrogens with zero attached hydrogens (tertiary/aromatic N) is 2. The summed E-state index contributed by atoms with van der Waals surface area (Å²) in [6.45, 7) is 4.74. The van der Waals surface area contributed by atoms with Crippen LogP contribution < -0.4 is 16.0 Å². The van der Waals surface area contributed by atoms with Crippen LogP contribution in [-0.2, 0) is 10.0 Å². The van der Waals surface area contributed by atoms with E-state index in [2.05, 4.69) is 20.9 Å². The molecule has 4 rings (SSSR count). The molecular formula is C19H29N5O2S. The van der Waals surface area contributed by atoms with Crippen LogP contribution in [0, 0.1) is 5.92 Å². The standard InChI is InChI=1S/C19H29N5O2S/c25-27(26,24-13-1-2-14-24)18(16-7-9-20-10-8-16)15-3-5-17(6-4-15)23-19-21-11-12-22-19/h3-6,16,18,20H,1-2,7-14H2,(H2,21,22,23). The molecule has 3 heterocycles. The van der Waals surface area contributed by atoms with Gasteiger partial charge in [-0.2, -0.15) is 0 Å². The van der Waals surface area contributed by atoms with Crippen molar-refractivity contribution in [1.82, 2.24) is 14.9 Å². The minimum atomic E-state index is -3.34. The summed E-state index contributed by atoms with van der Waals surface area (Å²) in [6, 6.07) is 7.87. The highest BCUT2D eigenvalue weighted by molar-refractivity contribution is 7.89. The van der Waals surface area contributed by atoms with E-state index in [1.165, 1.54) is 0 Å². The molecular weight excluding hydrogens is 362 g/mol. The molecule has 0 aromatic heterocycles. The van der Waals surface area contributed by atoms with Crippen molar-refractivity contribution in [2.75, 3.05) is 44.6 Å². The van der Waals surface area contributed by atoms with Crippen molar-refractivity contribution in [3.63, 3.8) is 0 Å². The fourth-order valence-corrected chi connectivity index (χ4v) is 6.66. The highest BCUT2D eigenvalue weighted by Gasteiger charge is 2.40. The predicted octanol–water partition coefficient (Wildman–Crippen LogP) is 1.52. The molecule has 0 saturated carbocycles. The summed E-state index contributed by atoms with van der Waals surface area (Å²) in [5.74, 6) is 0.943. The number of nitrogens with one attached hydrogen (secondary N) is 3. The molecule has 148 valence electrons. The van der Waals surface area contributed by atoms with Gasteiger partial charge in [0.1, 0.15) is 5.25 Å².